The summed E-state index contributed by atoms with van der Waals surface area (Å²) < 4.78 is 29.3. The molecule has 7 saturated heterocycles. The molecule has 94 heavy (non-hydrogen) atoms. The van der Waals surface area contributed by atoms with E-state index in [9.17, 15) is 32.4 Å². The van der Waals surface area contributed by atoms with Crippen molar-refractivity contribution in [2.24, 2.45) is 53.3 Å². The zero-order valence-electron chi connectivity index (χ0n) is 61.4. The third kappa shape index (κ3) is 27.6. The van der Waals surface area contributed by atoms with Gasteiger partial charge < -0.3 is 55.8 Å². The lowest BCUT2D eigenvalue weighted by molar-refractivity contribution is -0.135. The summed E-state index contributed by atoms with van der Waals surface area (Å²) in [5.41, 5.74) is 0. The Hall–Kier alpha value is -2.94. The van der Waals surface area contributed by atoms with Crippen LogP contribution in [0.1, 0.15) is 240 Å². The fourth-order valence-corrected chi connectivity index (χ4v) is 18.9. The Kier molecular flexibility index (Phi) is 36.5. The van der Waals surface area contributed by atoms with Crippen LogP contribution in [0.25, 0.3) is 0 Å². The molecule has 12 atom stereocenters. The molecule has 10 rings (SSSR count). The fourth-order valence-electron chi connectivity index (χ4n) is 17.1. The molecule has 3 aliphatic carbocycles. The van der Waals surface area contributed by atoms with E-state index in [0.717, 1.165) is 147 Å². The predicted octanol–water partition coefficient (Wildman–Crippen LogP) is 10.1. The maximum atomic E-state index is 12.5. The fraction of sp³-hybridized carbons (Fsp3) is 0.933. The predicted molar refractivity (Wildman–Crippen MR) is 383 cm³/mol. The molecule has 0 aromatic carbocycles. The molecule has 0 spiro atoms. The molecule has 5 amide bonds. The van der Waals surface area contributed by atoms with E-state index in [2.05, 4.69) is 75.9 Å². The number of hydrogen-bond donors (Lipinski definition) is 5. The molecule has 18 nitrogen and oxygen atoms in total. The highest BCUT2D eigenvalue weighted by atomic mass is 32.2. The number of rotatable bonds is 15. The molecule has 544 valence electrons. The number of nitrogens with one attached hydrogen (secondary N) is 5. The molecule has 0 bridgehead atoms. The van der Waals surface area contributed by atoms with Crippen LogP contribution >= 0.6 is 0 Å². The van der Waals surface area contributed by atoms with Crippen molar-refractivity contribution in [3.63, 3.8) is 0 Å². The van der Waals surface area contributed by atoms with Gasteiger partial charge in [0, 0.05) is 72.1 Å². The Morgan fingerprint density at radius 1 is 0.319 bits per heavy atom. The topological polar surface area (TPSA) is 205 Å². The van der Waals surface area contributed by atoms with Crippen LogP contribution < -0.4 is 26.6 Å². The van der Waals surface area contributed by atoms with Crippen molar-refractivity contribution >= 4 is 39.4 Å². The van der Waals surface area contributed by atoms with Crippen LogP contribution in [0.3, 0.4) is 0 Å². The van der Waals surface area contributed by atoms with E-state index in [-0.39, 0.29) is 59.8 Å². The second kappa shape index (κ2) is 42.9. The average molecular weight is 1340 g/mol. The van der Waals surface area contributed by atoms with E-state index in [0.29, 0.717) is 59.6 Å². The van der Waals surface area contributed by atoms with Crippen molar-refractivity contribution in [2.45, 2.75) is 276 Å². The number of carbonyl (C=O) groups excluding carboxylic acids is 5. The molecule has 7 aliphatic heterocycles. The minimum atomic E-state index is -2.90. The Morgan fingerprint density at radius 3 is 0.872 bits per heavy atom. The van der Waals surface area contributed by atoms with Gasteiger partial charge in [-0.25, -0.2) is 8.42 Å². The standard InChI is InChI=1S/C16H30N2O.C15H28N2O2.2C15H28N2O.C14H26N2O3S/c1-13-9-10-15(17-2)16(19)18(11-13)12-14-7-5-3-4-6-8-14;1-12-7-8-14(16-2)15(18)17(10-12)11-13-6-4-3-5-9-19-13;2*1-12-8-9-14(16-2)15(18)17(10-12)11-13-6-4-3-5-7-13;1-11-5-6-13(15-2)14(17)16(8-11)9-12-4-3-7-20(18,19)10-12/h13-15,17H,3-12H2,1-2H3;12-14,16H,3-11H2,1-2H3;2*12-14,16H,3-11H2,1-2H3;11-13,15H,3-10H2,1-2H3. The van der Waals surface area contributed by atoms with Gasteiger partial charge in [-0.1, -0.05) is 112 Å². The lowest BCUT2D eigenvalue weighted by atomic mass is 9.89. The van der Waals surface area contributed by atoms with Gasteiger partial charge in [0.15, 0.2) is 9.84 Å². The third-order valence-electron chi connectivity index (χ3n) is 23.0. The Morgan fingerprint density at radius 2 is 0.574 bits per heavy atom. The van der Waals surface area contributed by atoms with E-state index in [4.69, 9.17) is 4.74 Å². The Bertz CT molecular complexity index is 2180. The Balaban J connectivity index is 0.000000186. The van der Waals surface area contributed by atoms with Crippen LogP contribution in [0.4, 0.5) is 0 Å². The first-order valence-electron chi connectivity index (χ1n) is 38.8. The van der Waals surface area contributed by atoms with Gasteiger partial charge in [0.2, 0.25) is 29.5 Å². The van der Waals surface area contributed by atoms with Crippen LogP contribution in [-0.2, 0) is 38.5 Å². The van der Waals surface area contributed by atoms with Crippen LogP contribution in [0.2, 0.25) is 0 Å². The summed E-state index contributed by atoms with van der Waals surface area (Å²) in [6.45, 7) is 21.0. The molecule has 19 heteroatoms. The van der Waals surface area contributed by atoms with E-state index >= 15 is 0 Å². The summed E-state index contributed by atoms with van der Waals surface area (Å²) in [5, 5.41) is 15.8. The highest BCUT2D eigenvalue weighted by Gasteiger charge is 2.37. The summed E-state index contributed by atoms with van der Waals surface area (Å²) in [6, 6.07) is 0.0451. The molecule has 5 N–H and O–H groups in total. The molecular formula is C75H140N10O8S. The van der Waals surface area contributed by atoms with Gasteiger partial charge in [-0.2, -0.15) is 0 Å². The van der Waals surface area contributed by atoms with E-state index in [1.54, 1.807) is 0 Å². The first-order valence-corrected chi connectivity index (χ1v) is 40.7. The van der Waals surface area contributed by atoms with Crippen LogP contribution in [0, 0.1) is 53.3 Å². The lowest BCUT2D eigenvalue weighted by Gasteiger charge is -2.31. The number of nitrogens with zero attached hydrogens (tertiary/aromatic N) is 5. The van der Waals surface area contributed by atoms with Crippen molar-refractivity contribution < 1.29 is 37.1 Å². The van der Waals surface area contributed by atoms with E-state index in [1.807, 2.05) is 45.0 Å². The number of sulfone groups is 1. The minimum absolute atomic E-state index is 0.00396. The zero-order valence-corrected chi connectivity index (χ0v) is 62.2. The normalized spacial score (nSPS) is 32.6. The second-order valence-corrected chi connectivity index (χ2v) is 33.9. The summed E-state index contributed by atoms with van der Waals surface area (Å²) in [5.74, 6) is 7.37. The van der Waals surface area contributed by atoms with E-state index in [1.165, 1.54) is 141 Å². The van der Waals surface area contributed by atoms with Gasteiger partial charge in [-0.3, -0.25) is 24.0 Å². The number of carbonyl (C=O) groups is 5. The van der Waals surface area contributed by atoms with Crippen molar-refractivity contribution in [1.82, 2.24) is 51.1 Å². The molecule has 3 saturated carbocycles. The Labute approximate surface area is 573 Å². The molecule has 0 aromatic rings. The van der Waals surface area contributed by atoms with Gasteiger partial charge >= 0.3 is 0 Å². The number of hydrogen-bond acceptors (Lipinski definition) is 13. The lowest BCUT2D eigenvalue weighted by Crippen LogP contribution is -2.47. The highest BCUT2D eigenvalue weighted by molar-refractivity contribution is 7.91. The smallest absolute Gasteiger partial charge is 0.239 e. The second-order valence-electron chi connectivity index (χ2n) is 31.7. The summed E-state index contributed by atoms with van der Waals surface area (Å²) in [7, 11) is 6.56. The van der Waals surface area contributed by atoms with Crippen molar-refractivity contribution in [3.8, 4) is 0 Å². The first-order chi connectivity index (χ1) is 45.2. The number of amides is 5. The van der Waals surface area contributed by atoms with Crippen molar-refractivity contribution in [3.05, 3.63) is 0 Å². The van der Waals surface area contributed by atoms with Crippen LogP contribution in [0.5, 0.6) is 0 Å². The van der Waals surface area contributed by atoms with Crippen LogP contribution in [-0.4, -0.2) is 218 Å². The van der Waals surface area contributed by atoms with Gasteiger partial charge in [-0.05, 0) is 217 Å². The number of likely N-dealkylation sites (tertiary alicyclic amines) is 5. The first kappa shape index (κ1) is 80.0. The maximum absolute atomic E-state index is 12.5. The molecule has 10 fully saturated rings. The zero-order chi connectivity index (χ0) is 68.0. The van der Waals surface area contributed by atoms with Gasteiger partial charge in [0.1, 0.15) is 0 Å². The SMILES string of the molecule is CNC1CCC(C)CN(CC2CCCCC2)C1=O.CNC1CCC(C)CN(CC2CCCCC2)C1=O.CNC1CCC(C)CN(CC2CCCCCC2)C1=O.CNC1CCC(C)CN(CC2CCCCCO2)C1=O.CNC1CCC(C)CN(CC2CCCS(=O)(=O)C2)C1=O. The molecular weight excluding hydrogens is 1200 g/mol. The largest absolute Gasteiger partial charge is 0.376 e. The molecule has 0 radical (unpaired) electrons. The quantitative estimate of drug-likeness (QED) is 0.0970. The van der Waals surface area contributed by atoms with E-state index < -0.39 is 9.84 Å². The maximum Gasteiger partial charge on any atom is 0.239 e. The molecule has 0 aromatic heterocycles. The van der Waals surface area contributed by atoms with Gasteiger partial charge in [0.05, 0.1) is 47.8 Å². The van der Waals surface area contributed by atoms with Crippen LogP contribution in [0.15, 0.2) is 0 Å². The highest BCUT2D eigenvalue weighted by Crippen LogP contribution is 2.31. The number of ether oxygens (including phenoxy) is 1. The number of likely N-dealkylation sites (N-methyl/N-ethyl adjacent to an activating group) is 5. The molecule has 10 aliphatic rings. The molecule has 7 heterocycles. The van der Waals surface area contributed by atoms with Gasteiger partial charge in [-0.15, -0.1) is 0 Å². The van der Waals surface area contributed by atoms with Crippen molar-refractivity contribution in [2.75, 3.05) is 119 Å². The summed E-state index contributed by atoms with van der Waals surface area (Å²) >= 11 is 0. The summed E-state index contributed by atoms with van der Waals surface area (Å²) in [4.78, 5) is 72.8. The third-order valence-corrected chi connectivity index (χ3v) is 24.9. The monoisotopic (exact) mass is 1340 g/mol. The minimum Gasteiger partial charge on any atom is -0.376 e. The molecule has 12 unspecified atom stereocenters. The average Bonchev–Trinajstić information content (AvgIpc) is 1.61. The summed E-state index contributed by atoms with van der Waals surface area (Å²) in [6.07, 6.45) is 38.8. The van der Waals surface area contributed by atoms with Gasteiger partial charge in [0.25, 0.3) is 0 Å². The van der Waals surface area contributed by atoms with Crippen molar-refractivity contribution in [1.29, 1.82) is 0 Å².